The quantitative estimate of drug-likeness (QED) is 0.195. The van der Waals surface area contributed by atoms with Crippen LogP contribution in [0.5, 0.6) is 11.5 Å². The van der Waals surface area contributed by atoms with Crippen LogP contribution < -0.4 is 9.47 Å². The molecule has 40 heavy (non-hydrogen) atoms. The highest BCUT2D eigenvalue weighted by molar-refractivity contribution is 5.21. The van der Waals surface area contributed by atoms with E-state index < -0.39 is 0 Å². The molecule has 0 radical (unpaired) electrons. The molecule has 2 aliphatic heterocycles. The first-order valence-electron chi connectivity index (χ1n) is 16.5. The number of likely N-dealkylation sites (tertiary alicyclic amines) is 2. The molecule has 4 nitrogen and oxygen atoms in total. The lowest BCUT2D eigenvalue weighted by Crippen LogP contribution is -2.34. The van der Waals surface area contributed by atoms with Crippen molar-refractivity contribution in [2.24, 2.45) is 11.8 Å². The van der Waals surface area contributed by atoms with Crippen molar-refractivity contribution in [2.45, 2.75) is 90.9 Å². The molecule has 0 spiro atoms. The molecule has 0 bridgehead atoms. The lowest BCUT2D eigenvalue weighted by atomic mass is 9.92. The fraction of sp³-hybridized carbons (Fsp3) is 0.667. The van der Waals surface area contributed by atoms with Gasteiger partial charge < -0.3 is 19.3 Å². The molecule has 0 aromatic heterocycles. The SMILES string of the molecule is CC1CCN(CCCCCOc2ccccc2)CC1.CCCC1CCN(CCCCCOc2ccccc2)CC1. The molecule has 0 unspecified atom stereocenters. The van der Waals surface area contributed by atoms with Crippen molar-refractivity contribution in [1.29, 1.82) is 0 Å². The Morgan fingerprint density at radius 1 is 0.600 bits per heavy atom. The van der Waals surface area contributed by atoms with E-state index in [2.05, 4.69) is 23.6 Å². The van der Waals surface area contributed by atoms with Gasteiger partial charge in [0.15, 0.2) is 0 Å². The zero-order chi connectivity index (χ0) is 28.1. The smallest absolute Gasteiger partial charge is 0.119 e. The Hall–Kier alpha value is -2.04. The number of hydrogen-bond donors (Lipinski definition) is 0. The van der Waals surface area contributed by atoms with Gasteiger partial charge in [0.1, 0.15) is 11.5 Å². The zero-order valence-corrected chi connectivity index (χ0v) is 25.8. The number of rotatable bonds is 16. The van der Waals surface area contributed by atoms with Gasteiger partial charge in [-0.05, 0) is 140 Å². The first-order valence-corrected chi connectivity index (χ1v) is 16.5. The summed E-state index contributed by atoms with van der Waals surface area (Å²) < 4.78 is 11.4. The van der Waals surface area contributed by atoms with Crippen molar-refractivity contribution in [1.82, 2.24) is 9.80 Å². The van der Waals surface area contributed by atoms with Crippen LogP contribution in [-0.2, 0) is 0 Å². The van der Waals surface area contributed by atoms with Gasteiger partial charge in [-0.25, -0.2) is 0 Å². The van der Waals surface area contributed by atoms with Crippen LogP contribution in [0.2, 0.25) is 0 Å². The van der Waals surface area contributed by atoms with Crippen LogP contribution >= 0.6 is 0 Å². The van der Waals surface area contributed by atoms with E-state index in [-0.39, 0.29) is 0 Å². The summed E-state index contributed by atoms with van der Waals surface area (Å²) in [5.74, 6) is 3.93. The lowest BCUT2D eigenvalue weighted by Gasteiger charge is -2.31. The molecule has 2 aromatic rings. The topological polar surface area (TPSA) is 24.9 Å². The molecule has 2 fully saturated rings. The van der Waals surface area contributed by atoms with Crippen molar-refractivity contribution in [3.8, 4) is 11.5 Å². The standard InChI is InChI=1S/C19H31NO.C17H27NO/c1-2-9-18-12-15-20(16-13-18)14-7-4-8-17-21-19-10-5-3-6-11-19;1-16-10-13-18(14-11-16)12-6-3-7-15-19-17-8-4-2-5-9-17/h3,5-6,10-11,18H,2,4,7-9,12-17H2,1H3;2,4-5,8-9,16H,3,6-7,10-15H2,1H3. The minimum atomic E-state index is 0.848. The fourth-order valence-corrected chi connectivity index (χ4v) is 5.83. The van der Waals surface area contributed by atoms with Crippen LogP contribution in [0.3, 0.4) is 0 Å². The number of ether oxygens (including phenoxy) is 2. The number of piperidine rings is 2. The maximum absolute atomic E-state index is 5.73. The summed E-state index contributed by atoms with van der Waals surface area (Å²) in [5, 5.41) is 0. The Morgan fingerprint density at radius 2 is 1.05 bits per heavy atom. The number of nitrogens with zero attached hydrogens (tertiary/aromatic N) is 2. The molecule has 2 heterocycles. The molecule has 2 aromatic carbocycles. The minimum Gasteiger partial charge on any atom is -0.494 e. The van der Waals surface area contributed by atoms with Crippen LogP contribution in [0.15, 0.2) is 60.7 Å². The van der Waals surface area contributed by atoms with E-state index in [0.717, 1.165) is 36.5 Å². The van der Waals surface area contributed by atoms with Crippen LogP contribution in [-0.4, -0.2) is 62.3 Å². The molecule has 0 saturated carbocycles. The first kappa shape index (κ1) is 32.5. The molecule has 2 aliphatic rings. The van der Waals surface area contributed by atoms with Crippen molar-refractivity contribution >= 4 is 0 Å². The van der Waals surface area contributed by atoms with Gasteiger partial charge in [0.2, 0.25) is 0 Å². The van der Waals surface area contributed by atoms with Crippen LogP contribution in [0.4, 0.5) is 0 Å². The van der Waals surface area contributed by atoms with Gasteiger partial charge in [-0.2, -0.15) is 0 Å². The van der Waals surface area contributed by atoms with E-state index >= 15 is 0 Å². The van der Waals surface area contributed by atoms with E-state index in [0.29, 0.717) is 0 Å². The first-order chi connectivity index (χ1) is 19.7. The van der Waals surface area contributed by atoms with Gasteiger partial charge in [0.25, 0.3) is 0 Å². The summed E-state index contributed by atoms with van der Waals surface area (Å²) in [6, 6.07) is 20.2. The Bertz CT molecular complexity index is 830. The van der Waals surface area contributed by atoms with Gasteiger partial charge in [-0.1, -0.05) is 63.1 Å². The van der Waals surface area contributed by atoms with Crippen molar-refractivity contribution < 1.29 is 9.47 Å². The summed E-state index contributed by atoms with van der Waals surface area (Å²) >= 11 is 0. The van der Waals surface area contributed by atoms with Gasteiger partial charge in [-0.3, -0.25) is 0 Å². The normalized spacial score (nSPS) is 17.2. The van der Waals surface area contributed by atoms with E-state index in [1.807, 2.05) is 60.7 Å². The average molecular weight is 551 g/mol. The van der Waals surface area contributed by atoms with Crippen LogP contribution in [0.25, 0.3) is 0 Å². The van der Waals surface area contributed by atoms with E-state index in [9.17, 15) is 0 Å². The maximum Gasteiger partial charge on any atom is 0.119 e. The number of hydrogen-bond acceptors (Lipinski definition) is 4. The Kier molecular flexibility index (Phi) is 16.9. The Morgan fingerprint density at radius 3 is 1.50 bits per heavy atom. The highest BCUT2D eigenvalue weighted by Crippen LogP contribution is 2.22. The Labute approximate surface area is 246 Å². The summed E-state index contributed by atoms with van der Waals surface area (Å²) in [6.45, 7) is 14.2. The highest BCUT2D eigenvalue weighted by atomic mass is 16.5. The molecule has 0 amide bonds. The largest absolute Gasteiger partial charge is 0.494 e. The second-order valence-corrected chi connectivity index (χ2v) is 12.0. The second-order valence-electron chi connectivity index (χ2n) is 12.0. The minimum absolute atomic E-state index is 0.848. The van der Waals surface area contributed by atoms with Crippen LogP contribution in [0.1, 0.15) is 90.9 Å². The van der Waals surface area contributed by atoms with Crippen LogP contribution in [0, 0.1) is 11.8 Å². The summed E-state index contributed by atoms with van der Waals surface area (Å²) in [4.78, 5) is 5.28. The highest BCUT2D eigenvalue weighted by Gasteiger charge is 2.17. The zero-order valence-electron chi connectivity index (χ0n) is 25.8. The third-order valence-corrected chi connectivity index (χ3v) is 8.54. The molecule has 0 aliphatic carbocycles. The summed E-state index contributed by atoms with van der Waals surface area (Å²) in [6.07, 6.45) is 15.9. The number of unbranched alkanes of at least 4 members (excludes halogenated alkanes) is 4. The molecule has 4 heteroatoms. The third-order valence-electron chi connectivity index (χ3n) is 8.54. The van der Waals surface area contributed by atoms with Crippen molar-refractivity contribution in [3.05, 3.63) is 60.7 Å². The van der Waals surface area contributed by atoms with Gasteiger partial charge in [-0.15, -0.1) is 0 Å². The van der Waals surface area contributed by atoms with E-state index in [1.165, 1.54) is 116 Å². The fourth-order valence-electron chi connectivity index (χ4n) is 5.83. The van der Waals surface area contributed by atoms with Gasteiger partial charge in [0.05, 0.1) is 13.2 Å². The predicted octanol–water partition coefficient (Wildman–Crippen LogP) is 8.72. The molecular formula is C36H58N2O2. The molecule has 0 N–H and O–H groups in total. The second kappa shape index (κ2) is 20.8. The van der Waals surface area contributed by atoms with E-state index in [1.54, 1.807) is 0 Å². The maximum atomic E-state index is 5.73. The molecular weight excluding hydrogens is 492 g/mol. The van der Waals surface area contributed by atoms with Gasteiger partial charge >= 0.3 is 0 Å². The molecule has 2 saturated heterocycles. The summed E-state index contributed by atoms with van der Waals surface area (Å²) in [7, 11) is 0. The summed E-state index contributed by atoms with van der Waals surface area (Å²) in [5.41, 5.74) is 0. The number of para-hydroxylation sites is 2. The third kappa shape index (κ3) is 14.6. The van der Waals surface area contributed by atoms with E-state index in [4.69, 9.17) is 9.47 Å². The van der Waals surface area contributed by atoms with Crippen molar-refractivity contribution in [2.75, 3.05) is 52.5 Å². The average Bonchev–Trinajstić information content (AvgIpc) is 3.00. The predicted molar refractivity (Wildman–Crippen MR) is 170 cm³/mol. The molecule has 224 valence electrons. The monoisotopic (exact) mass is 550 g/mol. The lowest BCUT2D eigenvalue weighted by molar-refractivity contribution is 0.174. The van der Waals surface area contributed by atoms with Crippen molar-refractivity contribution in [3.63, 3.8) is 0 Å². The molecule has 0 atom stereocenters. The van der Waals surface area contributed by atoms with Gasteiger partial charge in [0, 0.05) is 0 Å². The Balaban J connectivity index is 0.000000222. The number of benzene rings is 2. The molecule has 4 rings (SSSR count).